The van der Waals surface area contributed by atoms with Gasteiger partial charge in [-0.15, -0.1) is 0 Å². The second-order valence-corrected chi connectivity index (χ2v) is 5.08. The van der Waals surface area contributed by atoms with Gasteiger partial charge >= 0.3 is 5.97 Å². The average Bonchev–Trinajstić information content (AvgIpc) is 3.10. The normalized spacial score (nSPS) is 16.5. The highest BCUT2D eigenvalue weighted by molar-refractivity contribution is 5.71. The van der Waals surface area contributed by atoms with E-state index in [4.69, 9.17) is 5.11 Å². The largest absolute Gasteiger partial charge is 0.481 e. The predicted octanol–water partition coefficient (Wildman–Crippen LogP) is 1.70. The molecule has 0 aliphatic heterocycles. The minimum atomic E-state index is -0.777. The number of carbonyl (C=O) groups is 1. The van der Waals surface area contributed by atoms with Crippen LogP contribution < -0.4 is 5.32 Å². The second kappa shape index (κ2) is 4.53. The van der Waals surface area contributed by atoms with Crippen LogP contribution in [0, 0.1) is 12.8 Å². The Morgan fingerprint density at radius 2 is 2.42 bits per heavy atom. The fraction of sp³-hybridized carbons (Fsp3) is 0.462. The highest BCUT2D eigenvalue weighted by Crippen LogP contribution is 2.36. The fourth-order valence-corrected chi connectivity index (χ4v) is 2.35. The smallest absolute Gasteiger partial charge is 0.305 e. The van der Waals surface area contributed by atoms with E-state index < -0.39 is 5.97 Å². The molecule has 1 atom stereocenters. The van der Waals surface area contributed by atoms with Crippen molar-refractivity contribution < 1.29 is 9.90 Å². The molecule has 0 radical (unpaired) electrons. The zero-order valence-electron chi connectivity index (χ0n) is 10.7. The molecule has 0 saturated heterocycles. The van der Waals surface area contributed by atoms with Gasteiger partial charge in [-0.3, -0.25) is 4.79 Å². The highest BCUT2D eigenvalue weighted by Gasteiger charge is 2.33. The number of rotatable bonds is 5. The first kappa shape index (κ1) is 12.0. The molecule has 100 valence electrons. The summed E-state index contributed by atoms with van der Waals surface area (Å²) in [6.45, 7) is 1.92. The molecule has 19 heavy (non-hydrogen) atoms. The zero-order valence-corrected chi connectivity index (χ0v) is 10.7. The molecule has 1 aliphatic carbocycles. The van der Waals surface area contributed by atoms with Crippen LogP contribution in [-0.2, 0) is 4.79 Å². The van der Waals surface area contributed by atoms with Crippen molar-refractivity contribution in [2.45, 2.75) is 32.2 Å². The Labute approximate surface area is 110 Å². The van der Waals surface area contributed by atoms with Gasteiger partial charge < -0.3 is 10.4 Å². The molecule has 2 heterocycles. The fourth-order valence-electron chi connectivity index (χ4n) is 2.35. The van der Waals surface area contributed by atoms with Crippen LogP contribution in [0.3, 0.4) is 0 Å². The van der Waals surface area contributed by atoms with Gasteiger partial charge in [-0.25, -0.2) is 9.50 Å². The quantitative estimate of drug-likeness (QED) is 0.855. The SMILES string of the molecule is Cc1cc2c(NC(CC(=O)O)C3CC3)nccn2n1. The van der Waals surface area contributed by atoms with E-state index in [2.05, 4.69) is 15.4 Å². The molecule has 0 aromatic carbocycles. The number of nitrogens with zero attached hydrogens (tertiary/aromatic N) is 3. The summed E-state index contributed by atoms with van der Waals surface area (Å²) >= 11 is 0. The Bertz CT molecular complexity index is 618. The number of carboxylic acid groups (broad SMARTS) is 1. The lowest BCUT2D eigenvalue weighted by molar-refractivity contribution is -0.137. The van der Waals surface area contributed by atoms with E-state index in [0.717, 1.165) is 24.1 Å². The van der Waals surface area contributed by atoms with Gasteiger partial charge in [-0.05, 0) is 31.7 Å². The van der Waals surface area contributed by atoms with Crippen molar-refractivity contribution in [1.29, 1.82) is 0 Å². The van der Waals surface area contributed by atoms with Gasteiger partial charge in [0.05, 0.1) is 12.1 Å². The van der Waals surface area contributed by atoms with Gasteiger partial charge in [0.2, 0.25) is 0 Å². The first-order valence-electron chi connectivity index (χ1n) is 6.43. The summed E-state index contributed by atoms with van der Waals surface area (Å²) in [5.41, 5.74) is 1.80. The first-order chi connectivity index (χ1) is 9.13. The van der Waals surface area contributed by atoms with Gasteiger partial charge in [-0.2, -0.15) is 5.10 Å². The summed E-state index contributed by atoms with van der Waals surface area (Å²) in [5.74, 6) is 0.379. The first-order valence-corrected chi connectivity index (χ1v) is 6.43. The van der Waals surface area contributed by atoms with Gasteiger partial charge in [0.25, 0.3) is 0 Å². The maximum atomic E-state index is 10.9. The minimum absolute atomic E-state index is 0.0496. The highest BCUT2D eigenvalue weighted by atomic mass is 16.4. The third-order valence-corrected chi connectivity index (χ3v) is 3.42. The number of aromatic nitrogens is 3. The van der Waals surface area contributed by atoms with Crippen molar-refractivity contribution in [2.75, 3.05) is 5.32 Å². The van der Waals surface area contributed by atoms with E-state index in [9.17, 15) is 4.79 Å². The standard InChI is InChI=1S/C13H16N4O2/c1-8-6-11-13(14-4-5-17(11)16-8)15-10(7-12(18)19)9-2-3-9/h4-6,9-10H,2-3,7H2,1H3,(H,14,15)(H,18,19). The summed E-state index contributed by atoms with van der Waals surface area (Å²) in [6, 6.07) is 1.89. The van der Waals surface area contributed by atoms with Crippen molar-refractivity contribution in [1.82, 2.24) is 14.6 Å². The summed E-state index contributed by atoms with van der Waals surface area (Å²) in [5, 5.41) is 16.6. The van der Waals surface area contributed by atoms with Crippen molar-refractivity contribution in [3.63, 3.8) is 0 Å². The van der Waals surface area contributed by atoms with Crippen LogP contribution in [0.4, 0.5) is 5.82 Å². The molecule has 6 nitrogen and oxygen atoms in total. The molecule has 0 spiro atoms. The Kier molecular flexibility index (Phi) is 2.85. The van der Waals surface area contributed by atoms with Crippen molar-refractivity contribution in [3.05, 3.63) is 24.2 Å². The van der Waals surface area contributed by atoms with Crippen molar-refractivity contribution >= 4 is 17.3 Å². The van der Waals surface area contributed by atoms with Gasteiger partial charge in [0.1, 0.15) is 5.52 Å². The van der Waals surface area contributed by atoms with Crippen molar-refractivity contribution in [3.8, 4) is 0 Å². The molecule has 0 bridgehead atoms. The molecule has 1 fully saturated rings. The Hall–Kier alpha value is -2.11. The van der Waals surface area contributed by atoms with Crippen LogP contribution in [0.5, 0.6) is 0 Å². The average molecular weight is 260 g/mol. The number of aliphatic carboxylic acids is 1. The summed E-state index contributed by atoms with van der Waals surface area (Å²) in [6.07, 6.45) is 5.77. The third kappa shape index (κ3) is 2.52. The molecular weight excluding hydrogens is 244 g/mol. The predicted molar refractivity (Wildman–Crippen MR) is 70.1 cm³/mol. The number of hydrogen-bond donors (Lipinski definition) is 2. The minimum Gasteiger partial charge on any atom is -0.481 e. The third-order valence-electron chi connectivity index (χ3n) is 3.42. The van der Waals surface area contributed by atoms with Gasteiger partial charge in [0.15, 0.2) is 5.82 Å². The van der Waals surface area contributed by atoms with Gasteiger partial charge in [-0.1, -0.05) is 0 Å². The van der Waals surface area contributed by atoms with Crippen LogP contribution in [0.2, 0.25) is 0 Å². The number of aryl methyl sites for hydroxylation is 1. The van der Waals surface area contributed by atoms with Crippen LogP contribution in [0.15, 0.2) is 18.5 Å². The summed E-state index contributed by atoms with van der Waals surface area (Å²) in [4.78, 5) is 15.2. The molecule has 1 aliphatic rings. The van der Waals surface area contributed by atoms with Crippen LogP contribution in [0.25, 0.3) is 5.52 Å². The van der Waals surface area contributed by atoms with Crippen molar-refractivity contribution in [2.24, 2.45) is 5.92 Å². The van der Waals surface area contributed by atoms with E-state index >= 15 is 0 Å². The molecule has 2 aromatic heterocycles. The monoisotopic (exact) mass is 260 g/mol. The molecule has 2 aromatic rings. The van der Waals surface area contributed by atoms with Gasteiger partial charge in [0, 0.05) is 18.4 Å². The lowest BCUT2D eigenvalue weighted by Crippen LogP contribution is -2.26. The number of hydrogen-bond acceptors (Lipinski definition) is 4. The summed E-state index contributed by atoms with van der Waals surface area (Å²) in [7, 11) is 0. The maximum absolute atomic E-state index is 10.9. The Morgan fingerprint density at radius 1 is 1.63 bits per heavy atom. The number of fused-ring (bicyclic) bond motifs is 1. The van der Waals surface area contributed by atoms with E-state index in [1.807, 2.05) is 13.0 Å². The van der Waals surface area contributed by atoms with E-state index in [1.165, 1.54) is 0 Å². The van der Waals surface area contributed by atoms with E-state index in [0.29, 0.717) is 11.7 Å². The molecule has 2 N–H and O–H groups in total. The van der Waals surface area contributed by atoms with E-state index in [-0.39, 0.29) is 12.5 Å². The molecular formula is C13H16N4O2. The molecule has 6 heteroatoms. The molecule has 1 unspecified atom stereocenters. The maximum Gasteiger partial charge on any atom is 0.305 e. The lowest BCUT2D eigenvalue weighted by Gasteiger charge is -2.17. The number of carboxylic acids is 1. The molecule has 0 amide bonds. The van der Waals surface area contributed by atoms with Crippen LogP contribution >= 0.6 is 0 Å². The second-order valence-electron chi connectivity index (χ2n) is 5.08. The Balaban J connectivity index is 1.88. The topological polar surface area (TPSA) is 79.5 Å². The summed E-state index contributed by atoms with van der Waals surface area (Å²) < 4.78 is 1.76. The Morgan fingerprint density at radius 3 is 3.11 bits per heavy atom. The lowest BCUT2D eigenvalue weighted by atomic mass is 10.1. The molecule has 1 saturated carbocycles. The number of nitrogens with one attached hydrogen (secondary N) is 1. The zero-order chi connectivity index (χ0) is 13.4. The molecule has 3 rings (SSSR count). The van der Waals surface area contributed by atoms with Crippen LogP contribution in [-0.4, -0.2) is 31.7 Å². The van der Waals surface area contributed by atoms with Crippen LogP contribution in [0.1, 0.15) is 25.0 Å². The number of anilines is 1. The van der Waals surface area contributed by atoms with E-state index in [1.54, 1.807) is 16.9 Å².